The minimum Gasteiger partial charge on any atom is -0.383 e. The van der Waals surface area contributed by atoms with Crippen molar-refractivity contribution in [1.29, 1.82) is 0 Å². The van der Waals surface area contributed by atoms with Crippen LogP contribution in [0.25, 0.3) is 0 Å². The van der Waals surface area contributed by atoms with Gasteiger partial charge >= 0.3 is 6.03 Å². The molecule has 32 heavy (non-hydrogen) atoms. The number of methoxy groups -OCH3 is 1. The topological polar surface area (TPSA) is 99.8 Å². The number of hydrogen-bond donors (Lipinski definition) is 3. The second-order valence-electron chi connectivity index (χ2n) is 7.18. The standard InChI is InChI=1S/C24H28N4O4/c1-4-28(5-2)21-20(22(29)18-8-6-7-9-19(18)23(21)30)26-16-10-12-17(13-11-16)27-24(31)25-14-15-32-3/h6-13,26H,4-5,14-15H2,1-3H3,(H2,25,27,31). The molecule has 0 saturated carbocycles. The highest BCUT2D eigenvalue weighted by Gasteiger charge is 2.34. The van der Waals surface area contributed by atoms with E-state index in [1.165, 1.54) is 0 Å². The fraction of sp³-hybridized carbons (Fsp3) is 0.292. The Bertz CT molecular complexity index is 1030. The van der Waals surface area contributed by atoms with Gasteiger partial charge in [-0.25, -0.2) is 4.79 Å². The first-order valence-corrected chi connectivity index (χ1v) is 10.6. The van der Waals surface area contributed by atoms with E-state index in [0.717, 1.165) is 0 Å². The second kappa shape index (κ2) is 10.6. The number of hydrogen-bond acceptors (Lipinski definition) is 6. The van der Waals surface area contributed by atoms with Gasteiger partial charge in [-0.2, -0.15) is 0 Å². The van der Waals surface area contributed by atoms with Gasteiger partial charge in [0, 0.05) is 49.2 Å². The molecule has 1 aliphatic carbocycles. The van der Waals surface area contributed by atoms with E-state index in [2.05, 4.69) is 16.0 Å². The number of fused-ring (bicyclic) bond motifs is 1. The Kier molecular flexibility index (Phi) is 7.62. The number of urea groups is 1. The molecule has 2 aromatic carbocycles. The quantitative estimate of drug-likeness (QED) is 0.521. The number of amides is 2. The molecule has 0 heterocycles. The molecule has 0 saturated heterocycles. The minimum atomic E-state index is -0.334. The van der Waals surface area contributed by atoms with Crippen LogP contribution in [0.1, 0.15) is 34.6 Å². The first-order chi connectivity index (χ1) is 15.5. The molecule has 0 spiro atoms. The zero-order valence-electron chi connectivity index (χ0n) is 18.5. The van der Waals surface area contributed by atoms with Crippen molar-refractivity contribution in [2.24, 2.45) is 0 Å². The van der Waals surface area contributed by atoms with Crippen molar-refractivity contribution in [3.63, 3.8) is 0 Å². The van der Waals surface area contributed by atoms with Gasteiger partial charge in [0.15, 0.2) is 0 Å². The van der Waals surface area contributed by atoms with E-state index in [-0.39, 0.29) is 23.3 Å². The number of ketones is 2. The Balaban J connectivity index is 1.85. The number of carbonyl (C=O) groups is 3. The summed E-state index contributed by atoms with van der Waals surface area (Å²) in [7, 11) is 1.57. The van der Waals surface area contributed by atoms with E-state index in [9.17, 15) is 14.4 Å². The van der Waals surface area contributed by atoms with Crippen molar-refractivity contribution < 1.29 is 19.1 Å². The zero-order chi connectivity index (χ0) is 23.1. The van der Waals surface area contributed by atoms with E-state index in [1.54, 1.807) is 55.6 Å². The fourth-order valence-electron chi connectivity index (χ4n) is 3.54. The van der Waals surface area contributed by atoms with E-state index < -0.39 is 0 Å². The molecule has 0 bridgehead atoms. The van der Waals surface area contributed by atoms with Crippen LogP contribution in [0.15, 0.2) is 59.9 Å². The average molecular weight is 437 g/mol. The molecule has 168 valence electrons. The van der Waals surface area contributed by atoms with Crippen LogP contribution in [-0.2, 0) is 4.74 Å². The van der Waals surface area contributed by atoms with Crippen molar-refractivity contribution in [3.8, 4) is 0 Å². The van der Waals surface area contributed by atoms with Crippen molar-refractivity contribution >= 4 is 29.0 Å². The molecule has 0 aliphatic heterocycles. The Morgan fingerprint density at radius 1 is 0.906 bits per heavy atom. The summed E-state index contributed by atoms with van der Waals surface area (Å²) in [5.41, 5.74) is 2.68. The summed E-state index contributed by atoms with van der Waals surface area (Å²) in [4.78, 5) is 40.3. The maximum absolute atomic E-state index is 13.3. The minimum absolute atomic E-state index is 0.169. The third-order valence-corrected chi connectivity index (χ3v) is 5.18. The number of benzene rings is 2. The smallest absolute Gasteiger partial charge is 0.319 e. The molecule has 8 heteroatoms. The summed E-state index contributed by atoms with van der Waals surface area (Å²) in [6.07, 6.45) is 0. The molecule has 2 aromatic rings. The highest BCUT2D eigenvalue weighted by atomic mass is 16.5. The third kappa shape index (κ3) is 4.97. The monoisotopic (exact) mass is 436 g/mol. The summed E-state index contributed by atoms with van der Waals surface area (Å²) in [5, 5.41) is 8.56. The number of nitrogens with one attached hydrogen (secondary N) is 3. The van der Waals surface area contributed by atoms with Gasteiger partial charge in [-0.15, -0.1) is 0 Å². The van der Waals surface area contributed by atoms with Crippen LogP contribution >= 0.6 is 0 Å². The molecule has 8 nitrogen and oxygen atoms in total. The van der Waals surface area contributed by atoms with E-state index in [0.29, 0.717) is 54.4 Å². The van der Waals surface area contributed by atoms with Gasteiger partial charge in [0.2, 0.25) is 11.6 Å². The Morgan fingerprint density at radius 3 is 2.09 bits per heavy atom. The first kappa shape index (κ1) is 23.0. The number of carbonyl (C=O) groups excluding carboxylic acids is 3. The average Bonchev–Trinajstić information content (AvgIpc) is 2.81. The van der Waals surface area contributed by atoms with Gasteiger partial charge in [0.1, 0.15) is 11.4 Å². The number of ether oxygens (including phenoxy) is 1. The maximum atomic E-state index is 13.3. The Hall–Kier alpha value is -3.65. The molecule has 0 radical (unpaired) electrons. The number of likely N-dealkylation sites (N-methyl/N-ethyl adjacent to an activating group) is 1. The molecule has 0 fully saturated rings. The first-order valence-electron chi connectivity index (χ1n) is 10.6. The van der Waals surface area contributed by atoms with Gasteiger partial charge in [-0.3, -0.25) is 9.59 Å². The normalized spacial score (nSPS) is 13.0. The third-order valence-electron chi connectivity index (χ3n) is 5.18. The van der Waals surface area contributed by atoms with Crippen molar-refractivity contribution in [1.82, 2.24) is 10.2 Å². The highest BCUT2D eigenvalue weighted by molar-refractivity contribution is 6.27. The zero-order valence-corrected chi connectivity index (χ0v) is 18.5. The predicted octanol–water partition coefficient (Wildman–Crippen LogP) is 3.50. The lowest BCUT2D eigenvalue weighted by molar-refractivity contribution is 0.0944. The van der Waals surface area contributed by atoms with Gasteiger partial charge in [0.05, 0.1) is 6.61 Å². The lowest BCUT2D eigenvalue weighted by atomic mass is 9.89. The van der Waals surface area contributed by atoms with E-state index >= 15 is 0 Å². The second-order valence-corrected chi connectivity index (χ2v) is 7.18. The van der Waals surface area contributed by atoms with Crippen molar-refractivity contribution in [2.45, 2.75) is 13.8 Å². The van der Waals surface area contributed by atoms with Crippen LogP contribution in [0.3, 0.4) is 0 Å². The van der Waals surface area contributed by atoms with Crippen molar-refractivity contribution in [3.05, 3.63) is 71.1 Å². The lowest BCUT2D eigenvalue weighted by Crippen LogP contribution is -2.36. The molecule has 0 atom stereocenters. The van der Waals surface area contributed by atoms with Gasteiger partial charge < -0.3 is 25.6 Å². The van der Waals surface area contributed by atoms with E-state index in [4.69, 9.17) is 4.74 Å². The summed E-state index contributed by atoms with van der Waals surface area (Å²) >= 11 is 0. The number of nitrogens with zero attached hydrogens (tertiary/aromatic N) is 1. The van der Waals surface area contributed by atoms with Crippen molar-refractivity contribution in [2.75, 3.05) is 44.0 Å². The molecule has 3 rings (SSSR count). The number of anilines is 2. The maximum Gasteiger partial charge on any atom is 0.319 e. The van der Waals surface area contributed by atoms with Crippen LogP contribution in [0.5, 0.6) is 0 Å². The lowest BCUT2D eigenvalue weighted by Gasteiger charge is -2.30. The van der Waals surface area contributed by atoms with Crippen LogP contribution in [0.2, 0.25) is 0 Å². The van der Waals surface area contributed by atoms with E-state index in [1.807, 2.05) is 18.7 Å². The molecular formula is C24H28N4O4. The van der Waals surface area contributed by atoms with Crippen LogP contribution in [0.4, 0.5) is 16.2 Å². The Labute approximate surface area is 187 Å². The SMILES string of the molecule is CCN(CC)C1=C(Nc2ccc(NC(=O)NCCOC)cc2)C(=O)c2ccccc2C1=O. The van der Waals surface area contributed by atoms with Gasteiger partial charge in [-0.05, 0) is 38.1 Å². The van der Waals surface area contributed by atoms with Crippen LogP contribution in [0, 0.1) is 0 Å². The highest BCUT2D eigenvalue weighted by Crippen LogP contribution is 2.29. The molecule has 0 aromatic heterocycles. The van der Waals surface area contributed by atoms with Gasteiger partial charge in [-0.1, -0.05) is 24.3 Å². The summed E-state index contributed by atoms with van der Waals surface area (Å²) in [5.74, 6) is -0.390. The molecule has 1 aliphatic rings. The molecular weight excluding hydrogens is 408 g/mol. The molecule has 0 unspecified atom stereocenters. The van der Waals surface area contributed by atoms with Crippen LogP contribution in [-0.4, -0.2) is 55.8 Å². The summed E-state index contributed by atoms with van der Waals surface area (Å²) < 4.78 is 4.90. The molecule has 2 amide bonds. The summed E-state index contributed by atoms with van der Waals surface area (Å²) in [6.45, 7) is 5.92. The number of Topliss-reactive ketones (excluding diaryl/α,β-unsaturated/α-hetero) is 2. The summed E-state index contributed by atoms with van der Waals surface area (Å²) in [6, 6.07) is 13.5. The van der Waals surface area contributed by atoms with Crippen LogP contribution < -0.4 is 16.0 Å². The number of rotatable bonds is 9. The molecule has 3 N–H and O–H groups in total. The largest absolute Gasteiger partial charge is 0.383 e. The number of allylic oxidation sites excluding steroid dienone is 2. The fourth-order valence-corrected chi connectivity index (χ4v) is 3.54. The predicted molar refractivity (Wildman–Crippen MR) is 124 cm³/mol. The Morgan fingerprint density at radius 2 is 1.50 bits per heavy atom. The van der Waals surface area contributed by atoms with Gasteiger partial charge in [0.25, 0.3) is 0 Å².